The van der Waals surface area contributed by atoms with Gasteiger partial charge in [-0.3, -0.25) is 4.79 Å². The number of benzene rings is 1. The molecule has 0 unspecified atom stereocenters. The molecule has 0 spiro atoms. The van der Waals surface area contributed by atoms with Crippen molar-refractivity contribution in [2.75, 3.05) is 11.1 Å². The molecule has 0 saturated heterocycles. The van der Waals surface area contributed by atoms with E-state index in [0.717, 1.165) is 59.9 Å². The highest BCUT2D eigenvalue weighted by molar-refractivity contribution is 5.88. The molecule has 1 amide bonds. The molecule has 2 aliphatic carbocycles. The molecule has 0 aliphatic heterocycles. The van der Waals surface area contributed by atoms with Gasteiger partial charge in [-0.2, -0.15) is 0 Å². The smallest absolute Gasteiger partial charge is 0.222 e. The van der Waals surface area contributed by atoms with Crippen molar-refractivity contribution in [2.45, 2.75) is 64.7 Å². The summed E-state index contributed by atoms with van der Waals surface area (Å²) in [5, 5.41) is 2.91. The Morgan fingerprint density at radius 3 is 2.78 bits per heavy atom. The van der Waals surface area contributed by atoms with E-state index >= 15 is 0 Å². The number of carbonyl (C=O) groups excluding carboxylic acids is 1. The number of nitrogens with one attached hydrogen (secondary N) is 1. The molecule has 142 valence electrons. The van der Waals surface area contributed by atoms with Gasteiger partial charge in [-0.05, 0) is 49.3 Å². The number of fused-ring (bicyclic) bond motifs is 3. The fourth-order valence-corrected chi connectivity index (χ4v) is 4.46. The summed E-state index contributed by atoms with van der Waals surface area (Å²) < 4.78 is 0. The summed E-state index contributed by atoms with van der Waals surface area (Å²) in [6, 6.07) is 6.03. The van der Waals surface area contributed by atoms with Crippen LogP contribution < -0.4 is 11.1 Å². The Balaban J connectivity index is 1.66. The van der Waals surface area contributed by atoms with E-state index in [1.54, 1.807) is 0 Å². The Kier molecular flexibility index (Phi) is 5.10. The second-order valence-electron chi connectivity index (χ2n) is 7.95. The van der Waals surface area contributed by atoms with Crippen molar-refractivity contribution in [1.82, 2.24) is 9.97 Å². The standard InChI is InChI=1S/C22H28N4O/c1-14(27)24-22-20(11-7-15-5-3-2-4-6-15)25-21-18-10-9-17(23)13-16(18)8-12-19(21)26-22/h9-10,13,15H,2-8,11-12,23H2,1H3,(H,24,26,27). The molecular formula is C22H28N4O. The van der Waals surface area contributed by atoms with Gasteiger partial charge in [0.2, 0.25) is 5.91 Å². The largest absolute Gasteiger partial charge is 0.399 e. The number of carbonyl (C=O) groups is 1. The van der Waals surface area contributed by atoms with Crippen LogP contribution >= 0.6 is 0 Å². The van der Waals surface area contributed by atoms with E-state index in [1.807, 2.05) is 12.1 Å². The van der Waals surface area contributed by atoms with E-state index in [2.05, 4.69) is 11.4 Å². The molecule has 0 bridgehead atoms. The SMILES string of the molecule is CC(=O)Nc1nc2c(nc1CCC1CCCCC1)-c1ccc(N)cc1CC2. The lowest BCUT2D eigenvalue weighted by atomic mass is 9.85. The number of hydrogen-bond acceptors (Lipinski definition) is 4. The van der Waals surface area contributed by atoms with E-state index in [1.165, 1.54) is 44.6 Å². The van der Waals surface area contributed by atoms with Gasteiger partial charge in [-0.1, -0.05) is 38.2 Å². The Morgan fingerprint density at radius 2 is 2.00 bits per heavy atom. The van der Waals surface area contributed by atoms with E-state index < -0.39 is 0 Å². The maximum atomic E-state index is 11.7. The molecule has 5 heteroatoms. The van der Waals surface area contributed by atoms with Crippen LogP contribution in [0.25, 0.3) is 11.3 Å². The summed E-state index contributed by atoms with van der Waals surface area (Å²) in [7, 11) is 0. The number of anilines is 2. The zero-order valence-electron chi connectivity index (χ0n) is 16.1. The molecule has 0 atom stereocenters. The second kappa shape index (κ2) is 7.67. The number of amides is 1. The van der Waals surface area contributed by atoms with E-state index in [-0.39, 0.29) is 5.91 Å². The Morgan fingerprint density at radius 1 is 1.19 bits per heavy atom. The molecular weight excluding hydrogens is 336 g/mol. The summed E-state index contributed by atoms with van der Waals surface area (Å²) in [5.74, 6) is 1.33. The molecule has 3 N–H and O–H groups in total. The van der Waals surface area contributed by atoms with Crippen LogP contribution in [0.4, 0.5) is 11.5 Å². The minimum Gasteiger partial charge on any atom is -0.399 e. The van der Waals surface area contributed by atoms with E-state index in [9.17, 15) is 4.79 Å². The lowest BCUT2D eigenvalue weighted by Crippen LogP contribution is -2.17. The van der Waals surface area contributed by atoms with Gasteiger partial charge >= 0.3 is 0 Å². The van der Waals surface area contributed by atoms with Crippen LogP contribution in [-0.4, -0.2) is 15.9 Å². The fourth-order valence-electron chi connectivity index (χ4n) is 4.46. The molecule has 1 heterocycles. The van der Waals surface area contributed by atoms with Gasteiger partial charge in [-0.25, -0.2) is 9.97 Å². The first-order chi connectivity index (χ1) is 13.1. The predicted octanol–water partition coefficient (Wildman–Crippen LogP) is 4.30. The highest BCUT2D eigenvalue weighted by Crippen LogP contribution is 2.35. The molecule has 5 nitrogen and oxygen atoms in total. The zero-order chi connectivity index (χ0) is 18.8. The van der Waals surface area contributed by atoms with Crippen LogP contribution in [0.15, 0.2) is 18.2 Å². The third-order valence-corrected chi connectivity index (χ3v) is 5.86. The number of aromatic nitrogens is 2. The summed E-state index contributed by atoms with van der Waals surface area (Å²) >= 11 is 0. The Bertz CT molecular complexity index is 856. The Labute approximate surface area is 160 Å². The van der Waals surface area contributed by atoms with Gasteiger partial charge in [0.15, 0.2) is 5.82 Å². The third-order valence-electron chi connectivity index (χ3n) is 5.86. The van der Waals surface area contributed by atoms with Crippen LogP contribution in [0.5, 0.6) is 0 Å². The fraction of sp³-hybridized carbons (Fsp3) is 0.500. The molecule has 0 radical (unpaired) electrons. The first kappa shape index (κ1) is 18.0. The van der Waals surface area contributed by atoms with Crippen molar-refractivity contribution in [3.63, 3.8) is 0 Å². The second-order valence-corrected chi connectivity index (χ2v) is 7.95. The molecule has 27 heavy (non-hydrogen) atoms. The van der Waals surface area contributed by atoms with Crippen LogP contribution in [-0.2, 0) is 24.1 Å². The summed E-state index contributed by atoms with van der Waals surface area (Å²) in [6.45, 7) is 1.53. The van der Waals surface area contributed by atoms with Crippen LogP contribution in [0, 0.1) is 5.92 Å². The van der Waals surface area contributed by atoms with Crippen molar-refractivity contribution in [3.05, 3.63) is 35.2 Å². The summed E-state index contributed by atoms with van der Waals surface area (Å²) in [4.78, 5) is 21.5. The molecule has 1 aromatic heterocycles. The minimum absolute atomic E-state index is 0.0906. The molecule has 4 rings (SSSR count). The maximum absolute atomic E-state index is 11.7. The molecule has 1 aromatic carbocycles. The van der Waals surface area contributed by atoms with Crippen molar-refractivity contribution in [3.8, 4) is 11.3 Å². The predicted molar refractivity (Wildman–Crippen MR) is 108 cm³/mol. The third kappa shape index (κ3) is 3.97. The summed E-state index contributed by atoms with van der Waals surface area (Å²) in [5.41, 5.74) is 12.0. The highest BCUT2D eigenvalue weighted by atomic mass is 16.1. The molecule has 2 aromatic rings. The van der Waals surface area contributed by atoms with Gasteiger partial charge in [0.05, 0.1) is 17.1 Å². The lowest BCUT2D eigenvalue weighted by Gasteiger charge is -2.23. The Hall–Kier alpha value is -2.43. The number of nitrogens with two attached hydrogens (primary N) is 1. The number of rotatable bonds is 4. The normalized spacial score (nSPS) is 16.5. The average molecular weight is 364 g/mol. The average Bonchev–Trinajstić information content (AvgIpc) is 2.66. The topological polar surface area (TPSA) is 80.9 Å². The van der Waals surface area contributed by atoms with Gasteiger partial charge in [0.25, 0.3) is 0 Å². The van der Waals surface area contributed by atoms with Crippen LogP contribution in [0.1, 0.15) is 62.4 Å². The number of hydrogen-bond donors (Lipinski definition) is 2. The van der Waals surface area contributed by atoms with E-state index in [4.69, 9.17) is 15.7 Å². The van der Waals surface area contributed by atoms with Gasteiger partial charge in [-0.15, -0.1) is 0 Å². The first-order valence-corrected chi connectivity index (χ1v) is 10.2. The van der Waals surface area contributed by atoms with Gasteiger partial charge in [0, 0.05) is 18.2 Å². The van der Waals surface area contributed by atoms with E-state index in [0.29, 0.717) is 5.82 Å². The minimum atomic E-state index is -0.0906. The molecule has 1 fully saturated rings. The van der Waals surface area contributed by atoms with Crippen molar-refractivity contribution in [1.29, 1.82) is 0 Å². The first-order valence-electron chi connectivity index (χ1n) is 10.2. The monoisotopic (exact) mass is 364 g/mol. The van der Waals surface area contributed by atoms with Crippen molar-refractivity contribution >= 4 is 17.4 Å². The molecule has 2 aliphatic rings. The maximum Gasteiger partial charge on any atom is 0.222 e. The number of aryl methyl sites for hydroxylation is 3. The molecule has 1 saturated carbocycles. The van der Waals surface area contributed by atoms with Crippen molar-refractivity contribution in [2.24, 2.45) is 5.92 Å². The number of nitrogens with zero attached hydrogens (tertiary/aromatic N) is 2. The van der Waals surface area contributed by atoms with Crippen molar-refractivity contribution < 1.29 is 4.79 Å². The summed E-state index contributed by atoms with van der Waals surface area (Å²) in [6.07, 6.45) is 10.4. The quantitative estimate of drug-likeness (QED) is 0.793. The highest BCUT2D eigenvalue weighted by Gasteiger charge is 2.23. The lowest BCUT2D eigenvalue weighted by molar-refractivity contribution is -0.114. The van der Waals surface area contributed by atoms with Crippen LogP contribution in [0.3, 0.4) is 0 Å². The zero-order valence-corrected chi connectivity index (χ0v) is 16.1. The number of nitrogen functional groups attached to an aromatic ring is 1. The van der Waals surface area contributed by atoms with Gasteiger partial charge < -0.3 is 11.1 Å². The van der Waals surface area contributed by atoms with Gasteiger partial charge in [0.1, 0.15) is 0 Å². The van der Waals surface area contributed by atoms with Crippen LogP contribution in [0.2, 0.25) is 0 Å².